The van der Waals surface area contributed by atoms with Crippen LogP contribution < -0.4 is 15.2 Å². The fraction of sp³-hybridized carbons (Fsp3) is 0.250. The second-order valence-corrected chi connectivity index (χ2v) is 4.81. The third-order valence-corrected chi connectivity index (χ3v) is 3.40. The molecule has 1 heterocycles. The van der Waals surface area contributed by atoms with Crippen molar-refractivity contribution in [2.45, 2.75) is 19.1 Å². The van der Waals surface area contributed by atoms with Gasteiger partial charge in [0.05, 0.1) is 6.61 Å². The van der Waals surface area contributed by atoms with E-state index in [-0.39, 0.29) is 17.5 Å². The smallest absolute Gasteiger partial charge is 0.207 e. The first kappa shape index (κ1) is 12.9. The van der Waals surface area contributed by atoms with E-state index in [1.165, 1.54) is 0 Å². The highest BCUT2D eigenvalue weighted by atomic mass is 19.1. The van der Waals surface area contributed by atoms with Crippen LogP contribution in [0.5, 0.6) is 11.5 Å². The highest BCUT2D eigenvalue weighted by molar-refractivity contribution is 5.45. The van der Waals surface area contributed by atoms with Crippen LogP contribution in [-0.2, 0) is 6.61 Å². The van der Waals surface area contributed by atoms with E-state index in [9.17, 15) is 4.39 Å². The predicted octanol–water partition coefficient (Wildman–Crippen LogP) is 3.19. The highest BCUT2D eigenvalue weighted by Gasteiger charge is 2.24. The van der Waals surface area contributed by atoms with Crippen molar-refractivity contribution in [2.24, 2.45) is 5.73 Å². The van der Waals surface area contributed by atoms with Gasteiger partial charge in [-0.3, -0.25) is 0 Å². The van der Waals surface area contributed by atoms with E-state index in [2.05, 4.69) is 0 Å². The van der Waals surface area contributed by atoms with Crippen LogP contribution in [0.2, 0.25) is 0 Å². The summed E-state index contributed by atoms with van der Waals surface area (Å²) >= 11 is 0. The van der Waals surface area contributed by atoms with Crippen molar-refractivity contribution < 1.29 is 13.9 Å². The van der Waals surface area contributed by atoms with Gasteiger partial charge in [-0.25, -0.2) is 0 Å². The van der Waals surface area contributed by atoms with Crippen molar-refractivity contribution in [3.8, 4) is 11.5 Å². The lowest BCUT2D eigenvalue weighted by atomic mass is 10.0. The van der Waals surface area contributed by atoms with Gasteiger partial charge in [0.1, 0.15) is 6.61 Å². The molecular formula is C16H16FNO2. The number of rotatable bonds is 3. The zero-order valence-corrected chi connectivity index (χ0v) is 11.0. The molecule has 2 N–H and O–H groups in total. The number of ether oxygens (including phenoxy) is 2. The summed E-state index contributed by atoms with van der Waals surface area (Å²) in [5.74, 6) is -0.0374. The van der Waals surface area contributed by atoms with E-state index in [4.69, 9.17) is 15.2 Å². The monoisotopic (exact) mass is 273 g/mol. The van der Waals surface area contributed by atoms with Crippen molar-refractivity contribution >= 4 is 0 Å². The molecule has 1 aliphatic heterocycles. The Hall–Kier alpha value is -2.07. The van der Waals surface area contributed by atoms with Gasteiger partial charge in [-0.1, -0.05) is 30.3 Å². The van der Waals surface area contributed by atoms with Crippen LogP contribution in [0.4, 0.5) is 4.39 Å². The fourth-order valence-electron chi connectivity index (χ4n) is 2.28. The summed E-state index contributed by atoms with van der Waals surface area (Å²) in [7, 11) is 0. The molecule has 0 spiro atoms. The van der Waals surface area contributed by atoms with E-state index in [1.54, 1.807) is 12.1 Å². The quantitative estimate of drug-likeness (QED) is 0.934. The standard InChI is InChI=1S/C16H16FNO2/c17-15-14(20-10-11-4-2-1-3-5-11)7-6-12-13(18)8-9-19-16(12)15/h1-7,13H,8-10,18H2. The lowest BCUT2D eigenvalue weighted by molar-refractivity contribution is 0.241. The van der Waals surface area contributed by atoms with E-state index in [1.807, 2.05) is 30.3 Å². The highest BCUT2D eigenvalue weighted by Crippen LogP contribution is 2.37. The lowest BCUT2D eigenvalue weighted by Crippen LogP contribution is -2.21. The number of hydrogen-bond acceptors (Lipinski definition) is 3. The molecule has 4 heteroatoms. The summed E-state index contributed by atoms with van der Waals surface area (Å²) < 4.78 is 25.2. The molecule has 3 nitrogen and oxygen atoms in total. The molecule has 1 aliphatic rings. The molecule has 0 aromatic heterocycles. The van der Waals surface area contributed by atoms with Crippen LogP contribution in [0.1, 0.15) is 23.6 Å². The molecule has 2 aromatic carbocycles. The van der Waals surface area contributed by atoms with Crippen molar-refractivity contribution in [1.82, 2.24) is 0 Å². The molecule has 0 aliphatic carbocycles. The Morgan fingerprint density at radius 1 is 1.20 bits per heavy atom. The van der Waals surface area contributed by atoms with E-state index < -0.39 is 5.82 Å². The van der Waals surface area contributed by atoms with Crippen LogP contribution in [-0.4, -0.2) is 6.61 Å². The van der Waals surface area contributed by atoms with Gasteiger partial charge in [0.15, 0.2) is 11.5 Å². The topological polar surface area (TPSA) is 44.5 Å². The summed E-state index contributed by atoms with van der Waals surface area (Å²) in [4.78, 5) is 0. The first-order valence-electron chi connectivity index (χ1n) is 6.63. The van der Waals surface area contributed by atoms with E-state index in [0.717, 1.165) is 5.56 Å². The Kier molecular flexibility index (Phi) is 3.56. The fourth-order valence-corrected chi connectivity index (χ4v) is 2.28. The molecule has 20 heavy (non-hydrogen) atoms. The first-order chi connectivity index (χ1) is 9.75. The molecule has 0 amide bonds. The summed E-state index contributed by atoms with van der Waals surface area (Å²) in [6.45, 7) is 0.760. The summed E-state index contributed by atoms with van der Waals surface area (Å²) in [5, 5.41) is 0. The maximum absolute atomic E-state index is 14.3. The molecule has 1 unspecified atom stereocenters. The summed E-state index contributed by atoms with van der Waals surface area (Å²) in [5.41, 5.74) is 7.64. The molecule has 0 fully saturated rings. The molecule has 0 saturated heterocycles. The first-order valence-corrected chi connectivity index (χ1v) is 6.63. The van der Waals surface area contributed by atoms with Gasteiger partial charge in [-0.2, -0.15) is 4.39 Å². The Morgan fingerprint density at radius 2 is 2.00 bits per heavy atom. The molecular weight excluding hydrogens is 257 g/mol. The number of benzene rings is 2. The Morgan fingerprint density at radius 3 is 2.80 bits per heavy atom. The molecule has 104 valence electrons. The zero-order chi connectivity index (χ0) is 13.9. The zero-order valence-electron chi connectivity index (χ0n) is 11.0. The van der Waals surface area contributed by atoms with Crippen molar-refractivity contribution in [1.29, 1.82) is 0 Å². The van der Waals surface area contributed by atoms with Crippen LogP contribution >= 0.6 is 0 Å². The maximum Gasteiger partial charge on any atom is 0.207 e. The van der Waals surface area contributed by atoms with Crippen LogP contribution in [0, 0.1) is 5.82 Å². The third-order valence-electron chi connectivity index (χ3n) is 3.40. The Labute approximate surface area is 117 Å². The average Bonchev–Trinajstić information content (AvgIpc) is 2.48. The number of nitrogens with two attached hydrogens (primary N) is 1. The SMILES string of the molecule is NC1CCOc2c1ccc(OCc1ccccc1)c2F. The van der Waals surface area contributed by atoms with Crippen LogP contribution in [0.25, 0.3) is 0 Å². The minimum Gasteiger partial charge on any atom is -0.490 e. The predicted molar refractivity (Wildman–Crippen MR) is 74.2 cm³/mol. The number of halogens is 1. The maximum atomic E-state index is 14.3. The summed E-state index contributed by atoms with van der Waals surface area (Å²) in [6.07, 6.45) is 0.705. The number of fused-ring (bicyclic) bond motifs is 1. The Bertz CT molecular complexity index is 601. The number of hydrogen-bond donors (Lipinski definition) is 1. The van der Waals surface area contributed by atoms with Gasteiger partial charge in [-0.05, 0) is 17.7 Å². The summed E-state index contributed by atoms with van der Waals surface area (Å²) in [6, 6.07) is 12.9. The van der Waals surface area contributed by atoms with Crippen molar-refractivity contribution in [3.05, 3.63) is 59.4 Å². The van der Waals surface area contributed by atoms with Gasteiger partial charge in [0.2, 0.25) is 5.82 Å². The third kappa shape index (κ3) is 2.47. The van der Waals surface area contributed by atoms with Crippen molar-refractivity contribution in [3.63, 3.8) is 0 Å². The normalized spacial score (nSPS) is 17.2. The molecule has 0 bridgehead atoms. The van der Waals surface area contributed by atoms with Gasteiger partial charge in [0.25, 0.3) is 0 Å². The molecule has 0 saturated carbocycles. The molecule has 1 atom stereocenters. The minimum atomic E-state index is -0.464. The van der Waals surface area contributed by atoms with Crippen molar-refractivity contribution in [2.75, 3.05) is 6.61 Å². The van der Waals surface area contributed by atoms with Gasteiger partial charge >= 0.3 is 0 Å². The average molecular weight is 273 g/mol. The van der Waals surface area contributed by atoms with Crippen LogP contribution in [0.15, 0.2) is 42.5 Å². The lowest BCUT2D eigenvalue weighted by Gasteiger charge is -2.24. The molecule has 2 aromatic rings. The Balaban J connectivity index is 1.81. The minimum absolute atomic E-state index is 0.170. The van der Waals surface area contributed by atoms with E-state index in [0.29, 0.717) is 25.2 Å². The second-order valence-electron chi connectivity index (χ2n) is 4.81. The van der Waals surface area contributed by atoms with Gasteiger partial charge < -0.3 is 15.2 Å². The second kappa shape index (κ2) is 5.51. The van der Waals surface area contributed by atoms with Gasteiger partial charge in [-0.15, -0.1) is 0 Å². The largest absolute Gasteiger partial charge is 0.490 e. The van der Waals surface area contributed by atoms with Crippen LogP contribution in [0.3, 0.4) is 0 Å². The van der Waals surface area contributed by atoms with E-state index >= 15 is 0 Å². The molecule has 0 radical (unpaired) electrons. The van der Waals surface area contributed by atoms with Gasteiger partial charge in [0, 0.05) is 18.0 Å². The molecule has 3 rings (SSSR count).